The molecule has 3 nitrogen and oxygen atoms in total. The Morgan fingerprint density at radius 3 is 2.47 bits per heavy atom. The lowest BCUT2D eigenvalue weighted by Crippen LogP contribution is -2.29. The second kappa shape index (κ2) is 7.13. The van der Waals surface area contributed by atoms with E-state index in [4.69, 9.17) is 0 Å². The molecule has 0 bridgehead atoms. The number of nitrogens with one attached hydrogen (secondary N) is 1. The maximum Gasteiger partial charge on any atom is 0.240 e. The zero-order valence-electron chi connectivity index (χ0n) is 9.90. The molecule has 0 aliphatic rings. The maximum absolute atomic E-state index is 11.9. The lowest BCUT2D eigenvalue weighted by Gasteiger charge is -2.14. The highest BCUT2D eigenvalue weighted by molar-refractivity contribution is 9.09. The summed E-state index contributed by atoms with van der Waals surface area (Å²) in [4.78, 5) is 0.327. The van der Waals surface area contributed by atoms with Crippen molar-refractivity contribution in [3.63, 3.8) is 0 Å². The number of rotatable bonds is 7. The van der Waals surface area contributed by atoms with Gasteiger partial charge in [0.1, 0.15) is 0 Å². The van der Waals surface area contributed by atoms with Crippen molar-refractivity contribution in [2.75, 3.05) is 11.9 Å². The fourth-order valence-electron chi connectivity index (χ4n) is 1.52. The summed E-state index contributed by atoms with van der Waals surface area (Å²) in [7, 11) is -3.35. The van der Waals surface area contributed by atoms with E-state index in [1.54, 1.807) is 30.3 Å². The van der Waals surface area contributed by atoms with Gasteiger partial charge >= 0.3 is 0 Å². The van der Waals surface area contributed by atoms with Crippen molar-refractivity contribution in [1.29, 1.82) is 0 Å². The van der Waals surface area contributed by atoms with Crippen molar-refractivity contribution in [2.45, 2.75) is 24.7 Å². The average molecular weight is 320 g/mol. The molecule has 0 amide bonds. The molecule has 96 valence electrons. The van der Waals surface area contributed by atoms with E-state index in [-0.39, 0.29) is 0 Å². The van der Waals surface area contributed by atoms with Crippen LogP contribution in [0.25, 0.3) is 0 Å². The Morgan fingerprint density at radius 1 is 1.29 bits per heavy atom. The van der Waals surface area contributed by atoms with E-state index in [1.807, 2.05) is 0 Å². The first kappa shape index (κ1) is 14.7. The normalized spacial score (nSPS) is 13.5. The summed E-state index contributed by atoms with van der Waals surface area (Å²) in [6.07, 6.45) is 1.96. The topological polar surface area (TPSA) is 46.2 Å². The summed E-state index contributed by atoms with van der Waals surface area (Å²) < 4.78 is 26.5. The molecule has 17 heavy (non-hydrogen) atoms. The summed E-state index contributed by atoms with van der Waals surface area (Å²) in [5, 5.41) is 0.901. The van der Waals surface area contributed by atoms with Crippen LogP contribution in [0.3, 0.4) is 0 Å². The zero-order valence-corrected chi connectivity index (χ0v) is 12.3. The van der Waals surface area contributed by atoms with Gasteiger partial charge in [0.2, 0.25) is 10.0 Å². The van der Waals surface area contributed by atoms with Crippen LogP contribution in [-0.2, 0) is 10.0 Å². The molecule has 0 spiro atoms. The van der Waals surface area contributed by atoms with Gasteiger partial charge in [0.15, 0.2) is 0 Å². The Labute approximate surface area is 112 Å². The van der Waals surface area contributed by atoms with Gasteiger partial charge in [-0.2, -0.15) is 0 Å². The zero-order chi connectivity index (χ0) is 12.7. The third-order valence-corrected chi connectivity index (χ3v) is 4.61. The molecule has 1 unspecified atom stereocenters. The molecule has 1 aromatic carbocycles. The van der Waals surface area contributed by atoms with Crippen molar-refractivity contribution < 1.29 is 8.42 Å². The Hall–Kier alpha value is -0.390. The van der Waals surface area contributed by atoms with Gasteiger partial charge in [0, 0.05) is 11.9 Å². The van der Waals surface area contributed by atoms with E-state index in [0.29, 0.717) is 17.4 Å². The number of halogens is 1. The number of alkyl halides is 1. The second-order valence-corrected chi connectivity index (χ2v) is 6.48. The third-order valence-electron chi connectivity index (χ3n) is 2.71. The van der Waals surface area contributed by atoms with Gasteiger partial charge in [-0.1, -0.05) is 47.5 Å². The largest absolute Gasteiger partial charge is 0.240 e. The molecule has 0 radical (unpaired) electrons. The minimum atomic E-state index is -3.35. The first-order valence-electron chi connectivity index (χ1n) is 5.70. The van der Waals surface area contributed by atoms with Gasteiger partial charge in [-0.15, -0.1) is 0 Å². The highest BCUT2D eigenvalue weighted by Crippen LogP contribution is 2.12. The maximum atomic E-state index is 11.9. The van der Waals surface area contributed by atoms with Crippen LogP contribution in [0, 0.1) is 5.92 Å². The van der Waals surface area contributed by atoms with Gasteiger partial charge in [-0.3, -0.25) is 0 Å². The molecular weight excluding hydrogens is 302 g/mol. The number of hydrogen-bond donors (Lipinski definition) is 1. The molecule has 0 aliphatic carbocycles. The summed E-state index contributed by atoms with van der Waals surface area (Å²) in [5.41, 5.74) is 0. The summed E-state index contributed by atoms with van der Waals surface area (Å²) in [6, 6.07) is 8.47. The Balaban J connectivity index is 2.62. The lowest BCUT2D eigenvalue weighted by atomic mass is 10.0. The molecule has 5 heteroatoms. The summed E-state index contributed by atoms with van der Waals surface area (Å²) in [6.45, 7) is 2.57. The minimum absolute atomic E-state index is 0.327. The Morgan fingerprint density at radius 2 is 1.94 bits per heavy atom. The summed E-state index contributed by atoms with van der Waals surface area (Å²) >= 11 is 3.38. The van der Waals surface area contributed by atoms with Crippen molar-refractivity contribution >= 4 is 26.0 Å². The molecule has 0 heterocycles. The minimum Gasteiger partial charge on any atom is -0.211 e. The van der Waals surface area contributed by atoms with E-state index in [0.717, 1.165) is 18.2 Å². The first-order chi connectivity index (χ1) is 8.10. The van der Waals surface area contributed by atoms with E-state index >= 15 is 0 Å². The number of sulfonamides is 1. The van der Waals surface area contributed by atoms with E-state index < -0.39 is 10.0 Å². The van der Waals surface area contributed by atoms with E-state index in [9.17, 15) is 8.42 Å². The highest BCUT2D eigenvalue weighted by Gasteiger charge is 2.15. The van der Waals surface area contributed by atoms with Crippen LogP contribution in [0.15, 0.2) is 35.2 Å². The molecule has 0 aliphatic heterocycles. The molecule has 0 saturated heterocycles. The lowest BCUT2D eigenvalue weighted by molar-refractivity contribution is 0.483. The predicted octanol–water partition coefficient (Wildman–Crippen LogP) is 2.78. The average Bonchev–Trinajstić information content (AvgIpc) is 2.35. The molecular formula is C12H18BrNO2S. The SMILES string of the molecule is CCC(CCBr)CNS(=O)(=O)c1ccccc1. The van der Waals surface area contributed by atoms with Gasteiger partial charge in [-0.25, -0.2) is 13.1 Å². The Kier molecular flexibility index (Phi) is 6.16. The number of hydrogen-bond acceptors (Lipinski definition) is 2. The van der Waals surface area contributed by atoms with Gasteiger partial charge in [-0.05, 0) is 24.5 Å². The fraction of sp³-hybridized carbons (Fsp3) is 0.500. The van der Waals surface area contributed by atoms with Crippen LogP contribution >= 0.6 is 15.9 Å². The summed E-state index contributed by atoms with van der Waals surface area (Å²) in [5.74, 6) is 0.382. The van der Waals surface area contributed by atoms with Crippen molar-refractivity contribution in [3.8, 4) is 0 Å². The molecule has 0 aromatic heterocycles. The van der Waals surface area contributed by atoms with Crippen LogP contribution < -0.4 is 4.72 Å². The van der Waals surface area contributed by atoms with Crippen molar-refractivity contribution in [1.82, 2.24) is 4.72 Å². The molecule has 1 aromatic rings. The fourth-order valence-corrected chi connectivity index (χ4v) is 3.30. The van der Waals surface area contributed by atoms with Gasteiger partial charge < -0.3 is 0 Å². The smallest absolute Gasteiger partial charge is 0.211 e. The van der Waals surface area contributed by atoms with Crippen LogP contribution in [0.4, 0.5) is 0 Å². The molecule has 1 atom stereocenters. The predicted molar refractivity (Wildman–Crippen MR) is 73.8 cm³/mol. The number of benzene rings is 1. The quantitative estimate of drug-likeness (QED) is 0.785. The van der Waals surface area contributed by atoms with Crippen molar-refractivity contribution in [3.05, 3.63) is 30.3 Å². The van der Waals surface area contributed by atoms with E-state index in [1.165, 1.54) is 0 Å². The van der Waals surface area contributed by atoms with Crippen molar-refractivity contribution in [2.24, 2.45) is 5.92 Å². The molecule has 1 N–H and O–H groups in total. The van der Waals surface area contributed by atoms with Crippen LogP contribution in [-0.4, -0.2) is 20.3 Å². The standard InChI is InChI=1S/C12H18BrNO2S/c1-2-11(8-9-13)10-14-17(15,16)12-6-4-3-5-7-12/h3-7,11,14H,2,8-10H2,1H3. The molecule has 0 saturated carbocycles. The van der Waals surface area contributed by atoms with Gasteiger partial charge in [0.05, 0.1) is 4.90 Å². The van der Waals surface area contributed by atoms with Crippen LogP contribution in [0.2, 0.25) is 0 Å². The molecule has 0 fully saturated rings. The Bertz CT molecular complexity index is 419. The van der Waals surface area contributed by atoms with E-state index in [2.05, 4.69) is 27.6 Å². The molecule has 1 rings (SSSR count). The second-order valence-electron chi connectivity index (χ2n) is 3.92. The monoisotopic (exact) mass is 319 g/mol. The van der Waals surface area contributed by atoms with Crippen LogP contribution in [0.5, 0.6) is 0 Å². The van der Waals surface area contributed by atoms with Crippen LogP contribution in [0.1, 0.15) is 19.8 Å². The highest BCUT2D eigenvalue weighted by atomic mass is 79.9. The third kappa shape index (κ3) is 4.77. The first-order valence-corrected chi connectivity index (χ1v) is 8.31. The van der Waals surface area contributed by atoms with Gasteiger partial charge in [0.25, 0.3) is 0 Å².